The summed E-state index contributed by atoms with van der Waals surface area (Å²) in [6.07, 6.45) is 2.05. The number of hydrogen-bond acceptors (Lipinski definition) is 9. The number of aromatic nitrogens is 4. The summed E-state index contributed by atoms with van der Waals surface area (Å²) in [5.74, 6) is 1.35. The first-order valence-corrected chi connectivity index (χ1v) is 10.3. The van der Waals surface area contributed by atoms with Gasteiger partial charge < -0.3 is 20.0 Å². The fourth-order valence-electron chi connectivity index (χ4n) is 3.35. The Morgan fingerprint density at radius 2 is 1.90 bits per heavy atom. The van der Waals surface area contributed by atoms with Gasteiger partial charge in [-0.2, -0.15) is 15.0 Å². The number of para-hydroxylation sites is 1. The van der Waals surface area contributed by atoms with Gasteiger partial charge in [0.2, 0.25) is 17.7 Å². The topological polar surface area (TPSA) is 121 Å². The van der Waals surface area contributed by atoms with E-state index in [1.54, 1.807) is 0 Å². The van der Waals surface area contributed by atoms with Gasteiger partial charge in [0, 0.05) is 38.3 Å². The average molecular weight is 422 g/mol. The van der Waals surface area contributed by atoms with Crippen LogP contribution in [-0.4, -0.2) is 52.0 Å². The smallest absolute Gasteiger partial charge is 0.302 e. The van der Waals surface area contributed by atoms with E-state index < -0.39 is 0 Å². The molecule has 0 atom stereocenters. The summed E-state index contributed by atoms with van der Waals surface area (Å²) in [6.45, 7) is 9.30. The van der Waals surface area contributed by atoms with Crippen molar-refractivity contribution in [3.63, 3.8) is 0 Å². The Bertz CT molecular complexity index is 1050. The van der Waals surface area contributed by atoms with Crippen molar-refractivity contribution in [2.75, 3.05) is 41.7 Å². The molecule has 162 valence electrons. The molecule has 0 bridgehead atoms. The SMILES string of the molecule is CCc1nc(Nc2ncc(C(=O)Nc3c(C)cccc3C)o2)nc(N2CCNCC2)n1. The molecule has 0 spiro atoms. The fraction of sp³-hybridized carbons (Fsp3) is 0.381. The molecule has 31 heavy (non-hydrogen) atoms. The van der Waals surface area contributed by atoms with E-state index in [-0.39, 0.29) is 17.7 Å². The van der Waals surface area contributed by atoms with Crippen LogP contribution in [0.1, 0.15) is 34.4 Å². The number of carbonyl (C=O) groups excluding carboxylic acids is 1. The molecule has 1 fully saturated rings. The quantitative estimate of drug-likeness (QED) is 0.550. The van der Waals surface area contributed by atoms with Crippen molar-refractivity contribution >= 4 is 29.5 Å². The van der Waals surface area contributed by atoms with Gasteiger partial charge in [-0.25, -0.2) is 4.98 Å². The van der Waals surface area contributed by atoms with Crippen LogP contribution in [0.15, 0.2) is 28.8 Å². The second-order valence-corrected chi connectivity index (χ2v) is 7.34. The van der Waals surface area contributed by atoms with Crippen LogP contribution in [0.4, 0.5) is 23.6 Å². The summed E-state index contributed by atoms with van der Waals surface area (Å²) in [5, 5.41) is 9.16. The first-order chi connectivity index (χ1) is 15.0. The van der Waals surface area contributed by atoms with Gasteiger partial charge in [0.05, 0.1) is 6.20 Å². The van der Waals surface area contributed by atoms with Crippen molar-refractivity contribution in [1.82, 2.24) is 25.3 Å². The van der Waals surface area contributed by atoms with Gasteiger partial charge in [-0.3, -0.25) is 10.1 Å². The third kappa shape index (κ3) is 4.80. The maximum Gasteiger partial charge on any atom is 0.302 e. The highest BCUT2D eigenvalue weighted by Gasteiger charge is 2.18. The predicted molar refractivity (Wildman–Crippen MR) is 118 cm³/mol. The summed E-state index contributed by atoms with van der Waals surface area (Å²) in [6, 6.07) is 5.98. The number of nitrogens with zero attached hydrogens (tertiary/aromatic N) is 5. The number of carbonyl (C=O) groups is 1. The number of aryl methyl sites for hydroxylation is 3. The minimum atomic E-state index is -0.371. The van der Waals surface area contributed by atoms with Gasteiger partial charge in [0.1, 0.15) is 5.82 Å². The molecule has 1 aliphatic rings. The molecule has 0 radical (unpaired) electrons. The van der Waals surface area contributed by atoms with E-state index in [0.717, 1.165) is 43.0 Å². The van der Waals surface area contributed by atoms with Crippen molar-refractivity contribution in [2.24, 2.45) is 0 Å². The molecule has 4 rings (SSSR count). The summed E-state index contributed by atoms with van der Waals surface area (Å²) in [7, 11) is 0. The highest BCUT2D eigenvalue weighted by Crippen LogP contribution is 2.22. The van der Waals surface area contributed by atoms with Crippen molar-refractivity contribution in [1.29, 1.82) is 0 Å². The van der Waals surface area contributed by atoms with E-state index in [4.69, 9.17) is 4.42 Å². The summed E-state index contributed by atoms with van der Waals surface area (Å²) in [5.41, 5.74) is 2.72. The number of benzene rings is 1. The highest BCUT2D eigenvalue weighted by atomic mass is 16.4. The molecule has 1 aliphatic heterocycles. The molecule has 0 saturated carbocycles. The second kappa shape index (κ2) is 9.09. The molecule has 1 saturated heterocycles. The molecule has 0 unspecified atom stereocenters. The molecule has 3 N–H and O–H groups in total. The lowest BCUT2D eigenvalue weighted by atomic mass is 10.1. The van der Waals surface area contributed by atoms with Crippen molar-refractivity contribution in [2.45, 2.75) is 27.2 Å². The van der Waals surface area contributed by atoms with Crippen molar-refractivity contribution in [3.05, 3.63) is 47.1 Å². The number of nitrogens with one attached hydrogen (secondary N) is 3. The molecular weight excluding hydrogens is 396 g/mol. The Morgan fingerprint density at radius 1 is 1.16 bits per heavy atom. The lowest BCUT2D eigenvalue weighted by molar-refractivity contribution is 0.0997. The van der Waals surface area contributed by atoms with E-state index in [0.29, 0.717) is 24.1 Å². The standard InChI is InChI=1S/C21H26N8O2/c1-4-16-24-19(27-20(25-16)29-10-8-22-9-11-29)28-21-23-12-15(31-21)18(30)26-17-13(2)6-5-7-14(17)3/h5-7,12,22H,4,8-11H2,1-3H3,(H,26,30)(H,23,24,25,27,28). The molecule has 3 aromatic rings. The molecular formula is C21H26N8O2. The van der Waals surface area contributed by atoms with Crippen LogP contribution in [0.25, 0.3) is 0 Å². The molecule has 1 amide bonds. The van der Waals surface area contributed by atoms with Crippen molar-refractivity contribution in [3.8, 4) is 0 Å². The largest absolute Gasteiger partial charge is 0.418 e. The van der Waals surface area contributed by atoms with E-state index in [1.807, 2.05) is 39.0 Å². The zero-order chi connectivity index (χ0) is 21.8. The van der Waals surface area contributed by atoms with Gasteiger partial charge >= 0.3 is 6.01 Å². The van der Waals surface area contributed by atoms with Gasteiger partial charge in [-0.05, 0) is 25.0 Å². The fourth-order valence-corrected chi connectivity index (χ4v) is 3.35. The van der Waals surface area contributed by atoms with Crippen LogP contribution in [0.3, 0.4) is 0 Å². The van der Waals surface area contributed by atoms with Crippen LogP contribution in [0, 0.1) is 13.8 Å². The minimum absolute atomic E-state index is 0.0947. The maximum absolute atomic E-state index is 12.6. The summed E-state index contributed by atoms with van der Waals surface area (Å²) < 4.78 is 5.60. The normalized spacial score (nSPS) is 13.8. The Labute approximate surface area is 180 Å². The Morgan fingerprint density at radius 3 is 2.61 bits per heavy atom. The van der Waals surface area contributed by atoms with Crippen LogP contribution >= 0.6 is 0 Å². The third-order valence-electron chi connectivity index (χ3n) is 5.05. The Kier molecular flexibility index (Phi) is 6.08. The summed E-state index contributed by atoms with van der Waals surface area (Å²) in [4.78, 5) is 32.3. The summed E-state index contributed by atoms with van der Waals surface area (Å²) >= 11 is 0. The number of hydrogen-bond donors (Lipinski definition) is 3. The van der Waals surface area contributed by atoms with Gasteiger partial charge in [0.25, 0.3) is 5.91 Å². The van der Waals surface area contributed by atoms with Gasteiger partial charge in [-0.1, -0.05) is 25.1 Å². The number of piperazine rings is 1. The first kappa shape index (κ1) is 20.7. The first-order valence-electron chi connectivity index (χ1n) is 10.3. The molecule has 1 aromatic carbocycles. The molecule has 2 aromatic heterocycles. The van der Waals surface area contributed by atoms with Gasteiger partial charge in [0.15, 0.2) is 0 Å². The molecule has 3 heterocycles. The molecule has 0 aliphatic carbocycles. The van der Waals surface area contributed by atoms with E-state index >= 15 is 0 Å². The Balaban J connectivity index is 1.50. The zero-order valence-electron chi connectivity index (χ0n) is 17.9. The number of amides is 1. The lowest BCUT2D eigenvalue weighted by Gasteiger charge is -2.27. The predicted octanol–water partition coefficient (Wildman–Crippen LogP) is 2.44. The van der Waals surface area contributed by atoms with Crippen LogP contribution in [0.2, 0.25) is 0 Å². The van der Waals surface area contributed by atoms with E-state index in [9.17, 15) is 4.79 Å². The minimum Gasteiger partial charge on any atom is -0.418 e. The number of oxazole rings is 1. The maximum atomic E-state index is 12.6. The lowest BCUT2D eigenvalue weighted by Crippen LogP contribution is -2.44. The average Bonchev–Trinajstić information content (AvgIpc) is 3.25. The number of rotatable bonds is 6. The zero-order valence-corrected chi connectivity index (χ0v) is 17.9. The van der Waals surface area contributed by atoms with Crippen LogP contribution in [-0.2, 0) is 6.42 Å². The van der Waals surface area contributed by atoms with Crippen LogP contribution in [0.5, 0.6) is 0 Å². The van der Waals surface area contributed by atoms with Crippen molar-refractivity contribution < 1.29 is 9.21 Å². The van der Waals surface area contributed by atoms with E-state index in [2.05, 4.69) is 40.8 Å². The second-order valence-electron chi connectivity index (χ2n) is 7.34. The van der Waals surface area contributed by atoms with E-state index in [1.165, 1.54) is 6.20 Å². The molecule has 10 heteroatoms. The van der Waals surface area contributed by atoms with Gasteiger partial charge in [-0.15, -0.1) is 0 Å². The Hall–Kier alpha value is -3.53. The monoisotopic (exact) mass is 422 g/mol. The molecule has 10 nitrogen and oxygen atoms in total. The van der Waals surface area contributed by atoms with Crippen LogP contribution < -0.4 is 20.9 Å². The highest BCUT2D eigenvalue weighted by molar-refractivity contribution is 6.03. The third-order valence-corrected chi connectivity index (χ3v) is 5.05. The number of anilines is 4.